The second-order valence-corrected chi connectivity index (χ2v) is 10.1. The van der Waals surface area contributed by atoms with Crippen LogP contribution >= 0.6 is 15.9 Å². The van der Waals surface area contributed by atoms with E-state index in [1.807, 2.05) is 45.0 Å². The lowest BCUT2D eigenvalue weighted by Crippen LogP contribution is -2.36. The maximum atomic E-state index is 12.7. The third-order valence-electron chi connectivity index (χ3n) is 5.43. The Kier molecular flexibility index (Phi) is 8.89. The van der Waals surface area contributed by atoms with E-state index in [4.69, 9.17) is 4.74 Å². The van der Waals surface area contributed by atoms with Gasteiger partial charge in [-0.05, 0) is 76.5 Å². The number of benzene rings is 1. The first-order valence-corrected chi connectivity index (χ1v) is 11.3. The van der Waals surface area contributed by atoms with Crippen molar-refractivity contribution in [1.29, 1.82) is 0 Å². The minimum absolute atomic E-state index is 0.0399. The molecule has 0 bridgehead atoms. The summed E-state index contributed by atoms with van der Waals surface area (Å²) in [6, 6.07) is 7.52. The fourth-order valence-corrected chi connectivity index (χ4v) is 4.06. The highest BCUT2D eigenvalue weighted by atomic mass is 79.9. The van der Waals surface area contributed by atoms with Crippen LogP contribution in [0.4, 0.5) is 4.79 Å². The fourth-order valence-electron chi connectivity index (χ4n) is 3.79. The molecule has 1 aliphatic rings. The highest BCUT2D eigenvalue weighted by Gasteiger charge is 2.30. The fraction of sp³-hybridized carbons (Fsp3) is 0.609. The Morgan fingerprint density at radius 3 is 2.27 bits per heavy atom. The van der Waals surface area contributed by atoms with Gasteiger partial charge in [-0.3, -0.25) is 9.59 Å². The van der Waals surface area contributed by atoms with Gasteiger partial charge in [0.25, 0.3) is 0 Å². The van der Waals surface area contributed by atoms with E-state index in [1.165, 1.54) is 0 Å². The first kappa shape index (κ1) is 24.4. The Bertz CT molecular complexity index is 733. The number of amides is 1. The van der Waals surface area contributed by atoms with Gasteiger partial charge in [0.15, 0.2) is 0 Å². The molecule has 0 aliphatic heterocycles. The van der Waals surface area contributed by atoms with Crippen LogP contribution in [-0.2, 0) is 20.7 Å². The molecule has 2 N–H and O–H groups in total. The highest BCUT2D eigenvalue weighted by molar-refractivity contribution is 9.10. The second kappa shape index (κ2) is 10.9. The smallest absolute Gasteiger partial charge is 0.407 e. The van der Waals surface area contributed by atoms with Gasteiger partial charge in [-0.15, -0.1) is 0 Å². The van der Waals surface area contributed by atoms with Crippen molar-refractivity contribution < 1.29 is 24.2 Å². The van der Waals surface area contributed by atoms with Crippen LogP contribution in [0.15, 0.2) is 28.7 Å². The Hall–Kier alpha value is -1.89. The quantitative estimate of drug-likeness (QED) is 0.545. The number of nitrogens with one attached hydrogen (secondary N) is 1. The lowest BCUT2D eigenvalue weighted by Gasteiger charge is -2.29. The molecule has 7 heteroatoms. The van der Waals surface area contributed by atoms with E-state index in [1.54, 1.807) is 0 Å². The van der Waals surface area contributed by atoms with Gasteiger partial charge in [0.05, 0.1) is 5.92 Å². The van der Waals surface area contributed by atoms with Gasteiger partial charge in [0.2, 0.25) is 0 Å². The van der Waals surface area contributed by atoms with Crippen molar-refractivity contribution >= 4 is 33.8 Å². The van der Waals surface area contributed by atoms with Crippen LogP contribution in [0.3, 0.4) is 0 Å². The summed E-state index contributed by atoms with van der Waals surface area (Å²) in [5.74, 6) is -1.36. The number of ketones is 1. The van der Waals surface area contributed by atoms with E-state index in [0.717, 1.165) is 35.7 Å². The van der Waals surface area contributed by atoms with Crippen LogP contribution in [0.2, 0.25) is 0 Å². The number of carbonyl (C=O) groups is 3. The summed E-state index contributed by atoms with van der Waals surface area (Å²) in [4.78, 5) is 36.2. The summed E-state index contributed by atoms with van der Waals surface area (Å²) in [6.45, 7) is 6.01. The number of halogens is 1. The standard InChI is InChI=1S/C23H32BrNO5/c1-23(2,3)30-22(29)25-14-16-4-8-17(9-5-16)20(26)13-18(21(27)28)12-15-6-10-19(24)11-7-15/h6-7,10-11,16-18H,4-5,8-9,12-14H2,1-3H3,(H,25,29)(H,27,28). The van der Waals surface area contributed by atoms with Crippen molar-refractivity contribution in [3.05, 3.63) is 34.3 Å². The van der Waals surface area contributed by atoms with Crippen molar-refractivity contribution in [1.82, 2.24) is 5.32 Å². The van der Waals surface area contributed by atoms with Gasteiger partial charge in [-0.2, -0.15) is 0 Å². The zero-order valence-electron chi connectivity index (χ0n) is 17.9. The SMILES string of the molecule is CC(C)(C)OC(=O)NCC1CCC(C(=O)CC(Cc2ccc(Br)cc2)C(=O)O)CC1. The van der Waals surface area contributed by atoms with Gasteiger partial charge in [0, 0.05) is 23.4 Å². The summed E-state index contributed by atoms with van der Waals surface area (Å²) >= 11 is 3.37. The van der Waals surface area contributed by atoms with Gasteiger partial charge in [0.1, 0.15) is 11.4 Å². The number of Topliss-reactive ketones (excluding diaryl/α,β-unsaturated/α-hetero) is 1. The molecule has 0 spiro atoms. The van der Waals surface area contributed by atoms with Crippen molar-refractivity contribution in [2.75, 3.05) is 6.54 Å². The largest absolute Gasteiger partial charge is 0.481 e. The van der Waals surface area contributed by atoms with Crippen LogP contribution in [-0.4, -0.2) is 35.1 Å². The zero-order chi connectivity index (χ0) is 22.3. The van der Waals surface area contributed by atoms with E-state index in [9.17, 15) is 19.5 Å². The van der Waals surface area contributed by atoms with E-state index >= 15 is 0 Å². The summed E-state index contributed by atoms with van der Waals surface area (Å²) in [5, 5.41) is 12.4. The average molecular weight is 482 g/mol. The lowest BCUT2D eigenvalue weighted by molar-refractivity contribution is -0.144. The molecular formula is C23H32BrNO5. The molecular weight excluding hydrogens is 450 g/mol. The normalized spacial score (nSPS) is 20.3. The number of hydrogen-bond acceptors (Lipinski definition) is 4. The zero-order valence-corrected chi connectivity index (χ0v) is 19.5. The predicted octanol–water partition coefficient (Wildman–Crippen LogP) is 4.98. The Morgan fingerprint density at radius 1 is 1.13 bits per heavy atom. The maximum Gasteiger partial charge on any atom is 0.407 e. The number of rotatable bonds is 8. The number of alkyl carbamates (subject to hydrolysis) is 1. The Morgan fingerprint density at radius 2 is 1.73 bits per heavy atom. The molecule has 1 unspecified atom stereocenters. The maximum absolute atomic E-state index is 12.7. The molecule has 1 amide bonds. The topological polar surface area (TPSA) is 92.7 Å². The summed E-state index contributed by atoms with van der Waals surface area (Å²) < 4.78 is 6.18. The molecule has 166 valence electrons. The molecule has 1 aliphatic carbocycles. The molecule has 1 saturated carbocycles. The number of carbonyl (C=O) groups excluding carboxylic acids is 2. The molecule has 1 atom stereocenters. The van der Waals surface area contributed by atoms with E-state index in [2.05, 4.69) is 21.2 Å². The molecule has 1 fully saturated rings. The van der Waals surface area contributed by atoms with Crippen molar-refractivity contribution in [2.45, 2.75) is 64.9 Å². The van der Waals surface area contributed by atoms with Crippen LogP contribution in [0.1, 0.15) is 58.4 Å². The first-order valence-electron chi connectivity index (χ1n) is 10.5. The molecule has 6 nitrogen and oxygen atoms in total. The van der Waals surface area contributed by atoms with Crippen LogP contribution in [0.5, 0.6) is 0 Å². The summed E-state index contributed by atoms with van der Waals surface area (Å²) in [6.07, 6.45) is 3.17. The van der Waals surface area contributed by atoms with Crippen LogP contribution in [0, 0.1) is 17.8 Å². The van der Waals surface area contributed by atoms with Crippen molar-refractivity contribution in [3.63, 3.8) is 0 Å². The molecule has 30 heavy (non-hydrogen) atoms. The molecule has 1 aromatic rings. The third-order valence-corrected chi connectivity index (χ3v) is 5.96. The molecule has 2 rings (SSSR count). The van der Waals surface area contributed by atoms with Crippen molar-refractivity contribution in [2.24, 2.45) is 17.8 Å². The molecule has 0 saturated heterocycles. The minimum atomic E-state index is -0.929. The number of carboxylic acids is 1. The Balaban J connectivity index is 1.78. The van der Waals surface area contributed by atoms with E-state index in [-0.39, 0.29) is 18.1 Å². The van der Waals surface area contributed by atoms with Gasteiger partial charge >= 0.3 is 12.1 Å². The van der Waals surface area contributed by atoms with E-state index in [0.29, 0.717) is 18.9 Å². The molecule has 0 heterocycles. The molecule has 0 radical (unpaired) electrons. The second-order valence-electron chi connectivity index (χ2n) is 9.14. The van der Waals surface area contributed by atoms with E-state index < -0.39 is 23.6 Å². The summed E-state index contributed by atoms with van der Waals surface area (Å²) in [5.41, 5.74) is 0.390. The molecule has 0 aromatic heterocycles. The average Bonchev–Trinajstić information content (AvgIpc) is 2.66. The van der Waals surface area contributed by atoms with Crippen LogP contribution < -0.4 is 5.32 Å². The minimum Gasteiger partial charge on any atom is -0.481 e. The third kappa shape index (κ3) is 8.46. The Labute approximate surface area is 186 Å². The monoisotopic (exact) mass is 481 g/mol. The van der Waals surface area contributed by atoms with Gasteiger partial charge in [-0.25, -0.2) is 4.79 Å². The van der Waals surface area contributed by atoms with Crippen LogP contribution in [0.25, 0.3) is 0 Å². The molecule has 1 aromatic carbocycles. The van der Waals surface area contributed by atoms with Gasteiger partial charge in [-0.1, -0.05) is 28.1 Å². The van der Waals surface area contributed by atoms with Crippen molar-refractivity contribution in [3.8, 4) is 0 Å². The number of hydrogen-bond donors (Lipinski definition) is 2. The predicted molar refractivity (Wildman–Crippen MR) is 118 cm³/mol. The number of aliphatic carboxylic acids is 1. The van der Waals surface area contributed by atoms with Gasteiger partial charge < -0.3 is 15.2 Å². The number of ether oxygens (including phenoxy) is 1. The lowest BCUT2D eigenvalue weighted by atomic mass is 9.78. The highest BCUT2D eigenvalue weighted by Crippen LogP contribution is 2.31. The number of carboxylic acid groups (broad SMARTS) is 1. The summed E-state index contributed by atoms with van der Waals surface area (Å²) in [7, 11) is 0. The first-order chi connectivity index (χ1) is 14.0.